The summed E-state index contributed by atoms with van der Waals surface area (Å²) in [6.07, 6.45) is 10.3. The molecule has 34 heavy (non-hydrogen) atoms. The lowest BCUT2D eigenvalue weighted by atomic mass is 9.32. The Morgan fingerprint density at radius 3 is 2.24 bits per heavy atom. The van der Waals surface area contributed by atoms with E-state index in [1.54, 1.807) is 0 Å². The molecule has 0 heterocycles. The van der Waals surface area contributed by atoms with Gasteiger partial charge in [0.1, 0.15) is 0 Å². The highest BCUT2D eigenvalue weighted by Gasteiger charge is 2.72. The van der Waals surface area contributed by atoms with E-state index >= 15 is 0 Å². The van der Waals surface area contributed by atoms with Crippen LogP contribution >= 0.6 is 15.9 Å². The van der Waals surface area contributed by atoms with Crippen molar-refractivity contribution in [3.05, 3.63) is 12.2 Å². The van der Waals surface area contributed by atoms with Gasteiger partial charge in [0.2, 0.25) is 0 Å². The van der Waals surface area contributed by atoms with Gasteiger partial charge < -0.3 is 10.2 Å². The molecule has 0 aromatic heterocycles. The lowest BCUT2D eigenvalue weighted by Gasteiger charge is -2.72. The summed E-state index contributed by atoms with van der Waals surface area (Å²) >= 11 is 3.66. The molecule has 10 atom stereocenters. The number of aliphatic hydroxyl groups excluding tert-OH is 1. The smallest absolute Gasteiger partial charge is 0.309 e. The number of rotatable bonds is 3. The van der Waals surface area contributed by atoms with Gasteiger partial charge in [0.05, 0.1) is 11.5 Å². The van der Waals surface area contributed by atoms with E-state index in [9.17, 15) is 15.0 Å². The number of carboxylic acids is 1. The van der Waals surface area contributed by atoms with Gasteiger partial charge in [0.15, 0.2) is 0 Å². The Bertz CT molecular complexity index is 882. The first kappa shape index (κ1) is 25.3. The van der Waals surface area contributed by atoms with E-state index in [1.165, 1.54) is 24.8 Å². The van der Waals surface area contributed by atoms with Gasteiger partial charge in [0, 0.05) is 5.33 Å². The van der Waals surface area contributed by atoms with Crippen LogP contribution in [0.15, 0.2) is 12.2 Å². The van der Waals surface area contributed by atoms with Gasteiger partial charge in [-0.15, -0.1) is 0 Å². The maximum absolute atomic E-state index is 12.8. The zero-order chi connectivity index (χ0) is 24.9. The zero-order valence-electron chi connectivity index (χ0n) is 22.1. The van der Waals surface area contributed by atoms with Gasteiger partial charge in [-0.3, -0.25) is 4.79 Å². The highest BCUT2D eigenvalue weighted by atomic mass is 79.9. The fraction of sp³-hybridized carbons (Fsp3) is 0.900. The van der Waals surface area contributed by atoms with Gasteiger partial charge in [-0.25, -0.2) is 0 Å². The van der Waals surface area contributed by atoms with E-state index in [0.717, 1.165) is 50.3 Å². The number of allylic oxidation sites excluding steroid dienone is 1. The quantitative estimate of drug-likeness (QED) is 0.291. The molecule has 0 aromatic rings. The summed E-state index contributed by atoms with van der Waals surface area (Å²) in [6, 6.07) is 0. The summed E-state index contributed by atoms with van der Waals surface area (Å²) in [7, 11) is 0. The molecule has 5 saturated carbocycles. The molecule has 2 N–H and O–H groups in total. The second-order valence-electron chi connectivity index (χ2n) is 14.5. The van der Waals surface area contributed by atoms with Crippen molar-refractivity contribution < 1.29 is 15.0 Å². The van der Waals surface area contributed by atoms with Crippen LogP contribution in [0.3, 0.4) is 0 Å². The molecule has 5 rings (SSSR count). The predicted molar refractivity (Wildman–Crippen MR) is 141 cm³/mol. The van der Waals surface area contributed by atoms with Crippen LogP contribution in [0.1, 0.15) is 98.8 Å². The Morgan fingerprint density at radius 1 is 0.882 bits per heavy atom. The van der Waals surface area contributed by atoms with Crippen LogP contribution in [-0.2, 0) is 4.79 Å². The topological polar surface area (TPSA) is 57.5 Å². The molecule has 0 radical (unpaired) electrons. The molecular weight excluding hydrogens is 488 g/mol. The molecule has 5 fully saturated rings. The van der Waals surface area contributed by atoms with Crippen molar-refractivity contribution in [1.82, 2.24) is 0 Å². The van der Waals surface area contributed by atoms with E-state index in [1.807, 2.05) is 0 Å². The average molecular weight is 536 g/mol. The van der Waals surface area contributed by atoms with Crippen molar-refractivity contribution in [2.75, 3.05) is 5.33 Å². The largest absolute Gasteiger partial charge is 0.481 e. The molecular formula is C30H47BrO3. The van der Waals surface area contributed by atoms with Gasteiger partial charge in [0.25, 0.3) is 0 Å². The first-order chi connectivity index (χ1) is 15.8. The molecule has 0 aliphatic heterocycles. The zero-order valence-corrected chi connectivity index (χ0v) is 23.7. The standard InChI is InChI=1S/C30H47BrO3/c1-18(17-31)19-9-14-30(25(33)34)16-15-28(5)20(24(19)30)7-8-22-27(4)12-11-23(32)26(2,3)21(27)10-13-29(22,28)6/h19-24,32H,1,7-17H2,2-6H3,(H,33,34)/t19-,20+,21-,22+,23-,24+,27-,28+,29+,30-/m0/s1. The second kappa shape index (κ2) is 7.83. The molecule has 3 nitrogen and oxygen atoms in total. The molecule has 192 valence electrons. The van der Waals surface area contributed by atoms with E-state index in [2.05, 4.69) is 57.1 Å². The minimum absolute atomic E-state index is 0.0265. The molecule has 0 aromatic carbocycles. The van der Waals surface area contributed by atoms with Crippen LogP contribution in [-0.4, -0.2) is 27.6 Å². The highest BCUT2D eigenvalue weighted by molar-refractivity contribution is 9.09. The van der Waals surface area contributed by atoms with Gasteiger partial charge in [-0.2, -0.15) is 0 Å². The van der Waals surface area contributed by atoms with Crippen molar-refractivity contribution in [2.24, 2.45) is 56.7 Å². The Hall–Kier alpha value is -0.350. The van der Waals surface area contributed by atoms with Gasteiger partial charge in [-0.1, -0.05) is 62.7 Å². The van der Waals surface area contributed by atoms with Crippen molar-refractivity contribution in [1.29, 1.82) is 0 Å². The summed E-state index contributed by atoms with van der Waals surface area (Å²) in [5, 5.41) is 22.2. The number of aliphatic carboxylic acids is 1. The van der Waals surface area contributed by atoms with E-state index in [0.29, 0.717) is 23.7 Å². The summed E-state index contributed by atoms with van der Waals surface area (Å²) in [5.41, 5.74) is 1.29. The third-order valence-corrected chi connectivity index (χ3v) is 14.3. The Balaban J connectivity index is 1.56. The summed E-state index contributed by atoms with van der Waals surface area (Å²) < 4.78 is 0. The van der Waals surface area contributed by atoms with Gasteiger partial charge >= 0.3 is 5.97 Å². The maximum atomic E-state index is 12.8. The first-order valence-electron chi connectivity index (χ1n) is 13.9. The number of hydrogen-bond donors (Lipinski definition) is 2. The number of halogens is 1. The fourth-order valence-corrected chi connectivity index (χ4v) is 11.9. The molecule has 4 heteroatoms. The molecule has 0 unspecified atom stereocenters. The average Bonchev–Trinajstić information content (AvgIpc) is 3.18. The predicted octanol–water partition coefficient (Wildman–Crippen LogP) is 7.46. The van der Waals surface area contributed by atoms with Crippen LogP contribution in [0.2, 0.25) is 0 Å². The van der Waals surface area contributed by atoms with Crippen LogP contribution in [0.4, 0.5) is 0 Å². The number of carbonyl (C=O) groups is 1. The monoisotopic (exact) mass is 534 g/mol. The number of fused-ring (bicyclic) bond motifs is 7. The van der Waals surface area contributed by atoms with Crippen LogP contribution < -0.4 is 0 Å². The number of carboxylic acid groups (broad SMARTS) is 1. The Morgan fingerprint density at radius 2 is 1.59 bits per heavy atom. The highest BCUT2D eigenvalue weighted by Crippen LogP contribution is 2.77. The van der Waals surface area contributed by atoms with Crippen molar-refractivity contribution >= 4 is 21.9 Å². The van der Waals surface area contributed by atoms with Crippen molar-refractivity contribution in [3.63, 3.8) is 0 Å². The molecule has 5 aliphatic carbocycles. The van der Waals surface area contributed by atoms with Crippen LogP contribution in [0, 0.1) is 56.7 Å². The minimum Gasteiger partial charge on any atom is -0.481 e. The maximum Gasteiger partial charge on any atom is 0.309 e. The van der Waals surface area contributed by atoms with Crippen molar-refractivity contribution in [3.8, 4) is 0 Å². The lowest BCUT2D eigenvalue weighted by Crippen LogP contribution is -2.67. The van der Waals surface area contributed by atoms with E-state index in [-0.39, 0.29) is 33.7 Å². The van der Waals surface area contributed by atoms with Crippen molar-refractivity contribution in [2.45, 2.75) is 105 Å². The Kier molecular flexibility index (Phi) is 5.82. The second-order valence-corrected chi connectivity index (χ2v) is 15.0. The molecule has 0 bridgehead atoms. The normalized spacial score (nSPS) is 53.7. The molecule has 0 saturated heterocycles. The minimum atomic E-state index is -0.554. The fourth-order valence-electron chi connectivity index (χ4n) is 11.5. The summed E-state index contributed by atoms with van der Waals surface area (Å²) in [5.74, 6) is 1.69. The molecule has 0 spiro atoms. The lowest BCUT2D eigenvalue weighted by molar-refractivity contribution is -0.248. The summed E-state index contributed by atoms with van der Waals surface area (Å²) in [4.78, 5) is 12.8. The molecule has 5 aliphatic rings. The Labute approximate surface area is 215 Å². The third kappa shape index (κ3) is 2.93. The number of hydrogen-bond acceptors (Lipinski definition) is 2. The van der Waals surface area contributed by atoms with Gasteiger partial charge in [-0.05, 0) is 115 Å². The van der Waals surface area contributed by atoms with Crippen LogP contribution in [0.5, 0.6) is 0 Å². The molecule has 0 amide bonds. The SMILES string of the molecule is C=C(CBr)[C@@H]1CC[C@]2(C(=O)O)CC[C@]3(C)[C@H](CC[C@@H]4[C@@]5(C)CC[C@H](O)C(C)(C)[C@@H]5CC[C@]43C)[C@@H]12. The number of alkyl halides is 1. The summed E-state index contributed by atoms with van der Waals surface area (Å²) in [6.45, 7) is 16.8. The van der Waals surface area contributed by atoms with Crippen LogP contribution in [0.25, 0.3) is 0 Å². The van der Waals surface area contributed by atoms with E-state index in [4.69, 9.17) is 0 Å². The number of aliphatic hydroxyl groups is 1. The third-order valence-electron chi connectivity index (χ3n) is 13.5. The first-order valence-corrected chi connectivity index (χ1v) is 15.1. The van der Waals surface area contributed by atoms with E-state index < -0.39 is 11.4 Å².